The molecule has 1 aliphatic rings. The first-order valence-electron chi connectivity index (χ1n) is 10.3. The van der Waals surface area contributed by atoms with Crippen molar-refractivity contribution >= 4 is 40.8 Å². The van der Waals surface area contributed by atoms with Crippen molar-refractivity contribution in [1.82, 2.24) is 4.98 Å². The van der Waals surface area contributed by atoms with E-state index in [-0.39, 0.29) is 24.5 Å². The van der Waals surface area contributed by atoms with Gasteiger partial charge in [0.1, 0.15) is 11.6 Å². The number of nitrogens with zero attached hydrogens (tertiary/aromatic N) is 3. The first-order chi connectivity index (χ1) is 15.8. The van der Waals surface area contributed by atoms with Crippen LogP contribution in [-0.4, -0.2) is 54.0 Å². The number of aliphatic hydroxyl groups excluding tert-OH is 1. The summed E-state index contributed by atoms with van der Waals surface area (Å²) < 4.78 is 29.7. The lowest BCUT2D eigenvalue weighted by atomic mass is 10.1. The van der Waals surface area contributed by atoms with Crippen LogP contribution in [0.15, 0.2) is 47.7 Å². The lowest BCUT2D eigenvalue weighted by Gasteiger charge is -2.21. The normalized spacial score (nSPS) is 14.7. The highest BCUT2D eigenvalue weighted by atomic mass is 35.5. The van der Waals surface area contributed by atoms with Crippen molar-refractivity contribution in [2.75, 3.05) is 36.5 Å². The number of amides is 1. The predicted octanol–water partition coefficient (Wildman–Crippen LogP) is 3.46. The van der Waals surface area contributed by atoms with Gasteiger partial charge in [-0.3, -0.25) is 9.79 Å². The Bertz CT molecular complexity index is 1020. The fraction of sp³-hybridized carbons (Fsp3) is 0.318. The van der Waals surface area contributed by atoms with E-state index in [1.54, 1.807) is 12.3 Å². The van der Waals surface area contributed by atoms with Gasteiger partial charge in [-0.15, -0.1) is 8.78 Å². The zero-order valence-corrected chi connectivity index (χ0v) is 18.4. The number of nitrogens with two attached hydrogens (primary N) is 1. The van der Waals surface area contributed by atoms with Crippen molar-refractivity contribution < 1.29 is 23.4 Å². The van der Waals surface area contributed by atoms with E-state index in [9.17, 15) is 13.6 Å². The van der Waals surface area contributed by atoms with Gasteiger partial charge in [0.25, 0.3) is 5.91 Å². The number of nitrogens with one attached hydrogen (secondary N) is 1. The molecule has 2 aromatic rings. The van der Waals surface area contributed by atoms with Crippen LogP contribution in [0.3, 0.4) is 0 Å². The van der Waals surface area contributed by atoms with Crippen molar-refractivity contribution in [3.63, 3.8) is 0 Å². The molecule has 1 aromatic heterocycles. The Morgan fingerprint density at radius 2 is 2.03 bits per heavy atom. The van der Waals surface area contributed by atoms with Gasteiger partial charge in [-0.25, -0.2) is 4.98 Å². The lowest BCUT2D eigenvalue weighted by molar-refractivity contribution is -0.0964. The number of hydrogen-bond acceptors (Lipinski definition) is 7. The Labute approximate surface area is 194 Å². The maximum Gasteiger partial charge on any atom is 0.487 e. The molecule has 0 unspecified atom stereocenters. The Morgan fingerprint density at radius 1 is 1.33 bits per heavy atom. The molecule has 3 rings (SSSR count). The number of benzene rings is 1. The number of aromatic nitrogens is 1. The molecule has 0 radical (unpaired) electrons. The summed E-state index contributed by atoms with van der Waals surface area (Å²) in [5.74, 6) is 0.100. The molecule has 1 saturated heterocycles. The minimum atomic E-state index is -3.82. The first-order valence-corrected chi connectivity index (χ1v) is 10.6. The number of aliphatic imine (C=N–C) groups is 1. The average molecular weight is 480 g/mol. The van der Waals surface area contributed by atoms with Crippen LogP contribution in [0.4, 0.5) is 20.3 Å². The molecule has 176 valence electrons. The number of alkyl halides is 3. The van der Waals surface area contributed by atoms with E-state index in [4.69, 9.17) is 22.4 Å². The molecule has 0 atom stereocenters. The fourth-order valence-corrected chi connectivity index (χ4v) is 3.43. The molecule has 2 heterocycles. The Kier molecular flexibility index (Phi) is 8.18. The molecular weight excluding hydrogens is 456 g/mol. The molecule has 1 aliphatic heterocycles. The highest BCUT2D eigenvalue weighted by molar-refractivity contribution is 6.20. The third kappa shape index (κ3) is 6.87. The Hall–Kier alpha value is -3.24. The summed E-state index contributed by atoms with van der Waals surface area (Å²) in [5.41, 5.74) is 3.85. The van der Waals surface area contributed by atoms with E-state index in [0.29, 0.717) is 22.6 Å². The molecule has 0 aliphatic carbocycles. The molecule has 33 heavy (non-hydrogen) atoms. The lowest BCUT2D eigenvalue weighted by Crippen LogP contribution is -2.22. The summed E-state index contributed by atoms with van der Waals surface area (Å²) in [7, 11) is 0. The summed E-state index contributed by atoms with van der Waals surface area (Å²) in [6, 6.07) is 7.02. The van der Waals surface area contributed by atoms with Gasteiger partial charge in [0.2, 0.25) is 0 Å². The molecule has 1 fully saturated rings. The number of aliphatic hydroxyl groups is 1. The van der Waals surface area contributed by atoms with Crippen molar-refractivity contribution in [3.8, 4) is 5.75 Å². The second-order valence-electron chi connectivity index (χ2n) is 7.20. The number of hydrogen-bond donors (Lipinski definition) is 3. The summed E-state index contributed by atoms with van der Waals surface area (Å²) in [4.78, 5) is 23.6. The molecule has 0 bridgehead atoms. The van der Waals surface area contributed by atoms with E-state index in [1.807, 2.05) is 0 Å². The number of carbonyl (C=O) groups is 1. The molecule has 1 aromatic carbocycles. The molecule has 0 spiro atoms. The number of carbonyl (C=O) groups excluding carboxylic acids is 1. The van der Waals surface area contributed by atoms with Gasteiger partial charge in [0, 0.05) is 60.1 Å². The molecule has 8 nitrogen and oxygen atoms in total. The number of allylic oxidation sites excluding steroid dienone is 1. The topological polar surface area (TPSA) is 113 Å². The summed E-state index contributed by atoms with van der Waals surface area (Å²) in [5, 5.41) is 11.7. The van der Waals surface area contributed by atoms with Crippen molar-refractivity contribution in [2.24, 2.45) is 10.7 Å². The number of rotatable bonds is 9. The van der Waals surface area contributed by atoms with Gasteiger partial charge in [-0.2, -0.15) is 0 Å². The van der Waals surface area contributed by atoms with Crippen LogP contribution in [-0.2, 0) is 0 Å². The maximum absolute atomic E-state index is 12.8. The predicted molar refractivity (Wildman–Crippen MR) is 124 cm³/mol. The average Bonchev–Trinajstić information content (AvgIpc) is 3.31. The summed E-state index contributed by atoms with van der Waals surface area (Å²) in [6.45, 7) is 1.81. The van der Waals surface area contributed by atoms with Gasteiger partial charge in [0.15, 0.2) is 0 Å². The molecule has 0 saturated carbocycles. The van der Waals surface area contributed by atoms with Crippen LogP contribution in [0, 0.1) is 0 Å². The van der Waals surface area contributed by atoms with E-state index in [2.05, 4.69) is 24.9 Å². The molecular formula is C22H24ClF2N5O3. The van der Waals surface area contributed by atoms with Crippen LogP contribution in [0.2, 0.25) is 0 Å². The van der Waals surface area contributed by atoms with Gasteiger partial charge < -0.3 is 25.8 Å². The van der Waals surface area contributed by atoms with Crippen LogP contribution in [0.25, 0.3) is 5.57 Å². The Balaban J connectivity index is 1.84. The van der Waals surface area contributed by atoms with Crippen molar-refractivity contribution in [2.45, 2.75) is 18.4 Å². The van der Waals surface area contributed by atoms with E-state index >= 15 is 0 Å². The molecule has 1 amide bonds. The summed E-state index contributed by atoms with van der Waals surface area (Å²) >= 11 is 4.75. The molecule has 4 N–H and O–H groups in total. The highest BCUT2D eigenvalue weighted by Gasteiger charge is 2.27. The van der Waals surface area contributed by atoms with Crippen LogP contribution in [0.5, 0.6) is 5.75 Å². The van der Waals surface area contributed by atoms with Gasteiger partial charge in [-0.05, 0) is 43.2 Å². The number of anilines is 2. The maximum atomic E-state index is 12.8. The smallest absolute Gasteiger partial charge is 0.420 e. The van der Waals surface area contributed by atoms with E-state index in [1.165, 1.54) is 36.7 Å². The van der Waals surface area contributed by atoms with Gasteiger partial charge in [-0.1, -0.05) is 0 Å². The SMILES string of the molecule is N/C=C(\C=NCCO)c1cc(C(=O)Nc2ccc(OC(F)(F)Cl)cc2)cnc1N1CCCC1. The minimum Gasteiger partial charge on any atom is -0.420 e. The second-order valence-corrected chi connectivity index (χ2v) is 7.64. The van der Waals surface area contributed by atoms with Crippen molar-refractivity contribution in [3.05, 3.63) is 53.9 Å². The number of ether oxygens (including phenoxy) is 1. The number of pyridine rings is 1. The van der Waals surface area contributed by atoms with Crippen LogP contribution in [0.1, 0.15) is 28.8 Å². The van der Waals surface area contributed by atoms with E-state index in [0.717, 1.165) is 25.9 Å². The largest absolute Gasteiger partial charge is 0.487 e. The number of halogens is 3. The summed E-state index contributed by atoms with van der Waals surface area (Å²) in [6.07, 6.45) is 6.47. The van der Waals surface area contributed by atoms with Gasteiger partial charge in [0.05, 0.1) is 18.7 Å². The van der Waals surface area contributed by atoms with Crippen LogP contribution < -0.4 is 20.7 Å². The zero-order chi connectivity index (χ0) is 23.8. The van der Waals surface area contributed by atoms with Gasteiger partial charge >= 0.3 is 5.57 Å². The highest BCUT2D eigenvalue weighted by Crippen LogP contribution is 2.29. The van der Waals surface area contributed by atoms with E-state index < -0.39 is 11.5 Å². The van der Waals surface area contributed by atoms with Crippen LogP contribution >= 0.6 is 11.6 Å². The second kappa shape index (κ2) is 11.1. The zero-order valence-electron chi connectivity index (χ0n) is 17.7. The van der Waals surface area contributed by atoms with Crippen molar-refractivity contribution in [1.29, 1.82) is 0 Å². The quantitative estimate of drug-likeness (QED) is 0.375. The third-order valence-corrected chi connectivity index (χ3v) is 4.91. The Morgan fingerprint density at radius 3 is 2.64 bits per heavy atom. The minimum absolute atomic E-state index is 0.0968. The monoisotopic (exact) mass is 479 g/mol. The fourth-order valence-electron chi connectivity index (χ4n) is 3.34. The standard InChI is InChI=1S/C22H24ClF2N5O3/c23-22(24,25)33-18-5-3-17(4-6-18)29-21(32)15-11-19(16(12-26)13-27-7-10-31)20(28-14-15)30-8-1-2-9-30/h3-6,11-14,31H,1-2,7-10,26H2,(H,29,32)/b16-12+,27-13?. The third-order valence-electron chi connectivity index (χ3n) is 4.83. The molecule has 11 heteroatoms. The first kappa shape index (κ1) is 24.4.